The van der Waals surface area contributed by atoms with E-state index >= 15 is 0 Å². The van der Waals surface area contributed by atoms with Gasteiger partial charge in [-0.2, -0.15) is 9.97 Å². The van der Waals surface area contributed by atoms with Gasteiger partial charge in [0.2, 0.25) is 23.7 Å². The number of nitrogens with one attached hydrogen (secondary N) is 3. The minimum atomic E-state index is -2.10. The van der Waals surface area contributed by atoms with E-state index in [9.17, 15) is 23.6 Å². The average molecular weight is 963 g/mol. The number of aromatic amines is 1. The molecule has 0 saturated carbocycles. The summed E-state index contributed by atoms with van der Waals surface area (Å²) < 4.78 is 46.8. The van der Waals surface area contributed by atoms with Crippen LogP contribution in [0, 0.1) is 11.8 Å². The number of imidazole rings is 2. The minimum absolute atomic E-state index is 0. The van der Waals surface area contributed by atoms with Crippen molar-refractivity contribution in [3.8, 4) is 0 Å². The number of hydrogen-bond donors (Lipinski definition) is 3. The van der Waals surface area contributed by atoms with Crippen LogP contribution in [0.25, 0.3) is 22.3 Å². The number of aromatic nitrogens is 8. The van der Waals surface area contributed by atoms with Crippen molar-refractivity contribution in [3.63, 3.8) is 0 Å². The summed E-state index contributed by atoms with van der Waals surface area (Å²) in [6.45, 7) is 30.6. The number of anilines is 2. The number of nitrogens with zero attached hydrogens (tertiary/aromatic N) is 7. The molecule has 3 aliphatic rings. The van der Waals surface area contributed by atoms with Gasteiger partial charge in [0.15, 0.2) is 51.4 Å². The molecule has 352 valence electrons. The van der Waals surface area contributed by atoms with E-state index in [1.165, 1.54) is 4.57 Å². The number of H-pyrrole nitrogens is 1. The van der Waals surface area contributed by atoms with Crippen LogP contribution in [0.3, 0.4) is 0 Å². The molecule has 4 aromatic heterocycles. The van der Waals surface area contributed by atoms with Crippen molar-refractivity contribution in [1.29, 1.82) is 0 Å². The molecule has 8 atom stereocenters. The zero-order chi connectivity index (χ0) is 47.9. The normalized spacial score (nSPS) is 24.9. The van der Waals surface area contributed by atoms with Crippen molar-refractivity contribution >= 4 is 74.3 Å². The molecule has 64 heavy (non-hydrogen) atoms. The second kappa shape index (κ2) is 20.6. The Bertz CT molecular complexity index is 2450. The van der Waals surface area contributed by atoms with Crippen LogP contribution in [0.1, 0.15) is 97.3 Å². The van der Waals surface area contributed by atoms with Gasteiger partial charge in [-0.1, -0.05) is 69.2 Å². The minimum Gasteiger partial charge on any atom is -1.00 e. The summed E-state index contributed by atoms with van der Waals surface area (Å²) in [5.41, 5.74) is 0.363. The Morgan fingerprint density at radius 3 is 1.80 bits per heavy atom. The number of halogens is 2. The molecule has 0 radical (unpaired) electrons. The molecule has 0 aliphatic carbocycles. The quantitative estimate of drug-likeness (QED) is 0.151. The van der Waals surface area contributed by atoms with Gasteiger partial charge >= 0.3 is 29.6 Å². The topological polar surface area (TPSA) is 211 Å². The summed E-state index contributed by atoms with van der Waals surface area (Å²) in [5.74, 6) is -0.365. The van der Waals surface area contributed by atoms with Crippen LogP contribution >= 0.6 is 11.6 Å². The van der Waals surface area contributed by atoms with E-state index in [1.807, 2.05) is 0 Å². The van der Waals surface area contributed by atoms with Crippen molar-refractivity contribution in [2.75, 3.05) is 23.7 Å². The number of ether oxygens (including phenoxy) is 2. The Morgan fingerprint density at radius 2 is 1.36 bits per heavy atom. The molecule has 2 amide bonds. The molecule has 3 N–H and O–H groups in total. The summed E-state index contributed by atoms with van der Waals surface area (Å²) in [5, 5.41) is 5.22. The van der Waals surface area contributed by atoms with Crippen LogP contribution in [-0.4, -0.2) is 105 Å². The molecule has 2 unspecified atom stereocenters. The Kier molecular flexibility index (Phi) is 16.7. The van der Waals surface area contributed by atoms with Gasteiger partial charge in [-0.3, -0.25) is 52.9 Å². The third-order valence-corrected chi connectivity index (χ3v) is 22.5. The van der Waals surface area contributed by atoms with Crippen LogP contribution in [0.15, 0.2) is 22.2 Å². The summed E-state index contributed by atoms with van der Waals surface area (Å²) in [4.78, 5) is 68.8. The first-order valence-electron chi connectivity index (χ1n) is 22.1. The van der Waals surface area contributed by atoms with Crippen molar-refractivity contribution in [2.24, 2.45) is 11.8 Å². The predicted molar refractivity (Wildman–Crippen MR) is 247 cm³/mol. The smallest absolute Gasteiger partial charge is 1.00 e. The number of rotatable bonds is 10. The first-order valence-corrected chi connectivity index (χ1v) is 27.7. The molecule has 2 fully saturated rings. The van der Waals surface area contributed by atoms with Crippen molar-refractivity contribution in [2.45, 2.75) is 162 Å². The third-order valence-electron chi connectivity index (χ3n) is 13.3. The number of hydrogen-bond acceptors (Lipinski definition) is 12. The Hall–Kier alpha value is -2.87. The average Bonchev–Trinajstić information content (AvgIpc) is 4.02. The molecule has 4 aromatic rings. The Labute approximate surface area is 406 Å². The van der Waals surface area contributed by atoms with E-state index < -0.39 is 47.7 Å². The van der Waals surface area contributed by atoms with E-state index in [-0.39, 0.29) is 124 Å². The molecular weight excluding hydrogens is 894 g/mol. The van der Waals surface area contributed by atoms with Gasteiger partial charge in [-0.25, -0.2) is 9.97 Å². The monoisotopic (exact) mass is 961 g/mol. The molecular formula is C41H67ClFN10NaO8Si2. The molecule has 7 rings (SSSR count). The molecule has 0 bridgehead atoms. The van der Waals surface area contributed by atoms with Crippen LogP contribution in [0.2, 0.25) is 36.3 Å². The molecule has 18 nitrogen and oxygen atoms in total. The second-order valence-corrected chi connectivity index (χ2v) is 29.2. The largest absolute Gasteiger partial charge is 1.00 e. The first kappa shape index (κ1) is 52.1. The van der Waals surface area contributed by atoms with E-state index in [4.69, 9.17) is 31.3 Å². The van der Waals surface area contributed by atoms with Gasteiger partial charge in [-0.05, 0) is 49.1 Å². The van der Waals surface area contributed by atoms with Crippen LogP contribution in [0.4, 0.5) is 16.3 Å². The fraction of sp³-hybridized carbons (Fsp3) is 0.707. The Morgan fingerprint density at radius 1 is 0.906 bits per heavy atom. The summed E-state index contributed by atoms with van der Waals surface area (Å²) in [6, 6.07) is 0. The molecule has 2 saturated heterocycles. The second-order valence-electron chi connectivity index (χ2n) is 19.5. The predicted octanol–water partition coefficient (Wildman–Crippen LogP) is 4.21. The standard InChI is InChI=1S/C20H32ClN5O4Si.C20H31N5O4Si.CH3F.Na.H/c1-8-12-11(2)15(30-31(6,7)20(3,4)5)18(29-12)26-10-22-14-16(26)24-19(25-17(14)28)23-13(27)9-21;1-8-12-11(2)15(29-30(6,7)20(3,4)5)18(28-12)25-10-21-14-16(25)23-19-22-13(26)9-24(19)17(14)27;1-2;;/h10-12,15,18H,8-9H2,1-7H3,(H2,23,24,25,27,28);10-12,15,18H,8-9H2,1-7H3,(H,22,23,26);1H3;;/q;;;+1;-1/t2*11-,12-,15?,18-;;;/m11.../s1/i;;1D;;. The number of carbonyl (C=O) groups is 2. The fourth-order valence-corrected chi connectivity index (χ4v) is 10.3. The summed E-state index contributed by atoms with van der Waals surface area (Å²) >= 11 is 5.56. The SMILES string of the molecule is CC[C@H]1O[C@@H](n2cnc3c(=O)[nH]c(NC(=O)CCl)nc32)C(O[Si](C)(C)C(C)(C)C)[C@@H]1C.CC[C@H]1O[C@@H](n2cnc3c(=O)n4c(nc32)NC(=O)C4)C(O[Si](C)(C)C(C)(C)C)[C@@H]1C.[2H]CF.[H-].[Na+]. The van der Waals surface area contributed by atoms with Crippen LogP contribution < -0.4 is 51.3 Å². The van der Waals surface area contributed by atoms with Gasteiger partial charge in [-0.15, -0.1) is 11.6 Å². The number of carbonyl (C=O) groups excluding carboxylic acids is 2. The number of amides is 2. The maximum Gasteiger partial charge on any atom is 1.00 e. The van der Waals surface area contributed by atoms with Crippen molar-refractivity contribution < 1.29 is 64.7 Å². The van der Waals surface area contributed by atoms with Gasteiger partial charge in [0.1, 0.15) is 12.4 Å². The first-order chi connectivity index (χ1) is 29.7. The van der Waals surface area contributed by atoms with E-state index in [0.29, 0.717) is 11.3 Å². The number of alkyl halides is 2. The van der Waals surface area contributed by atoms with Crippen LogP contribution in [0.5, 0.6) is 0 Å². The maximum absolute atomic E-state index is 12.8. The maximum atomic E-state index is 12.8. The molecule has 7 heterocycles. The van der Waals surface area contributed by atoms with Gasteiger partial charge in [0.05, 0.1) is 45.6 Å². The number of fused-ring (bicyclic) bond motifs is 3. The van der Waals surface area contributed by atoms with E-state index in [1.54, 1.807) is 21.8 Å². The Balaban J connectivity index is 0.000000322. The molecule has 0 spiro atoms. The molecule has 3 aliphatic heterocycles. The zero-order valence-electron chi connectivity index (χ0n) is 42.0. The summed E-state index contributed by atoms with van der Waals surface area (Å²) in [7, 11) is -5.17. The zero-order valence-corrected chi connectivity index (χ0v) is 44.7. The fourth-order valence-electron chi connectivity index (χ4n) is 7.53. The van der Waals surface area contributed by atoms with Gasteiger partial charge in [0.25, 0.3) is 11.1 Å². The van der Waals surface area contributed by atoms with Gasteiger partial charge < -0.3 is 19.8 Å². The van der Waals surface area contributed by atoms with Gasteiger partial charge in [0, 0.05) is 11.8 Å². The van der Waals surface area contributed by atoms with E-state index in [0.717, 1.165) is 12.8 Å². The van der Waals surface area contributed by atoms with E-state index in [2.05, 4.69) is 131 Å². The third kappa shape index (κ3) is 10.6. The molecule has 23 heteroatoms. The van der Waals surface area contributed by atoms with Crippen LogP contribution in [-0.2, 0) is 34.5 Å². The van der Waals surface area contributed by atoms with Crippen molar-refractivity contribution in [3.05, 3.63) is 33.4 Å². The van der Waals surface area contributed by atoms with Crippen molar-refractivity contribution in [1.82, 2.24) is 38.6 Å². The molecule has 0 aromatic carbocycles. The summed E-state index contributed by atoms with van der Waals surface area (Å²) in [6.07, 6.45) is 3.60.